The summed E-state index contributed by atoms with van der Waals surface area (Å²) in [4.78, 5) is 0. The van der Waals surface area contributed by atoms with Crippen molar-refractivity contribution in [2.45, 2.75) is 52.2 Å². The molecule has 1 atom stereocenters. The van der Waals surface area contributed by atoms with Crippen LogP contribution in [0, 0.1) is 0 Å². The molecule has 1 aliphatic rings. The molecule has 0 N–H and O–H groups in total. The Bertz CT molecular complexity index is 278. The van der Waals surface area contributed by atoms with Gasteiger partial charge in [0.15, 0.2) is 6.29 Å². The summed E-state index contributed by atoms with van der Waals surface area (Å²) < 4.78 is 11.3. The summed E-state index contributed by atoms with van der Waals surface area (Å²) in [6.45, 7) is 5.76. The van der Waals surface area contributed by atoms with Crippen LogP contribution in [0.1, 0.15) is 46.0 Å². The number of alkyl halides is 1. The van der Waals surface area contributed by atoms with Gasteiger partial charge in [0, 0.05) is 12.5 Å². The summed E-state index contributed by atoms with van der Waals surface area (Å²) in [7, 11) is 0. The third-order valence-corrected chi connectivity index (χ3v) is 3.25. The van der Waals surface area contributed by atoms with E-state index in [1.165, 1.54) is 24.0 Å². The highest BCUT2D eigenvalue weighted by Crippen LogP contribution is 2.15. The number of halogens is 1. The van der Waals surface area contributed by atoms with Crippen LogP contribution in [0.5, 0.6) is 0 Å². The topological polar surface area (TPSA) is 18.5 Å². The molecule has 0 aromatic rings. The van der Waals surface area contributed by atoms with Crippen LogP contribution in [0.2, 0.25) is 0 Å². The van der Waals surface area contributed by atoms with Gasteiger partial charge < -0.3 is 9.47 Å². The first-order valence-electron chi connectivity index (χ1n) is 6.83. The van der Waals surface area contributed by atoms with E-state index in [2.05, 4.69) is 26.0 Å². The van der Waals surface area contributed by atoms with Gasteiger partial charge in [0.1, 0.15) is 0 Å². The monoisotopic (exact) mass is 272 g/mol. The zero-order valence-corrected chi connectivity index (χ0v) is 12.3. The fourth-order valence-corrected chi connectivity index (χ4v) is 2.17. The number of allylic oxidation sites excluding steroid dienone is 3. The number of hydrogen-bond donors (Lipinski definition) is 0. The molecule has 0 radical (unpaired) electrons. The normalized spacial score (nSPS) is 22.3. The molecule has 1 unspecified atom stereocenters. The molecule has 1 heterocycles. The van der Waals surface area contributed by atoms with Crippen LogP contribution in [-0.2, 0) is 9.47 Å². The first kappa shape index (κ1) is 15.7. The van der Waals surface area contributed by atoms with Gasteiger partial charge >= 0.3 is 0 Å². The van der Waals surface area contributed by atoms with Gasteiger partial charge in [-0.2, -0.15) is 0 Å². The minimum atomic E-state index is 0.0139. The van der Waals surface area contributed by atoms with Crippen LogP contribution in [0.3, 0.4) is 0 Å². The zero-order chi connectivity index (χ0) is 13.2. The molecule has 0 spiro atoms. The van der Waals surface area contributed by atoms with Gasteiger partial charge in [-0.15, -0.1) is 11.6 Å². The van der Waals surface area contributed by atoms with Gasteiger partial charge in [-0.3, -0.25) is 0 Å². The molecule has 3 heteroatoms. The minimum Gasteiger partial charge on any atom is -0.353 e. The Morgan fingerprint density at radius 3 is 2.78 bits per heavy atom. The first-order chi connectivity index (χ1) is 8.72. The second-order valence-corrected chi connectivity index (χ2v) is 5.21. The lowest BCUT2D eigenvalue weighted by Gasteiger charge is -2.22. The van der Waals surface area contributed by atoms with Gasteiger partial charge in [0.05, 0.1) is 6.61 Å². The van der Waals surface area contributed by atoms with Crippen molar-refractivity contribution in [3.05, 3.63) is 23.3 Å². The van der Waals surface area contributed by atoms with Crippen molar-refractivity contribution in [1.82, 2.24) is 0 Å². The average Bonchev–Trinajstić information content (AvgIpc) is 2.38. The van der Waals surface area contributed by atoms with E-state index in [9.17, 15) is 0 Å². The number of hydrogen-bond acceptors (Lipinski definition) is 2. The molecule has 0 amide bonds. The summed E-state index contributed by atoms with van der Waals surface area (Å²) in [6, 6.07) is 0. The van der Waals surface area contributed by atoms with Crippen LogP contribution < -0.4 is 0 Å². The van der Waals surface area contributed by atoms with E-state index in [-0.39, 0.29) is 6.29 Å². The fraction of sp³-hybridized carbons (Fsp3) is 0.733. The molecule has 1 fully saturated rings. The molecule has 1 aliphatic heterocycles. The molecule has 0 aromatic heterocycles. The summed E-state index contributed by atoms with van der Waals surface area (Å²) in [6.07, 6.45) is 9.87. The Balaban J connectivity index is 2.14. The van der Waals surface area contributed by atoms with E-state index in [4.69, 9.17) is 21.1 Å². The molecular formula is C15H25ClO2. The van der Waals surface area contributed by atoms with Crippen molar-refractivity contribution >= 4 is 11.6 Å². The molecule has 0 aromatic carbocycles. The predicted molar refractivity (Wildman–Crippen MR) is 77.0 cm³/mol. The summed E-state index contributed by atoms with van der Waals surface area (Å²) in [5.41, 5.74) is 2.63. The molecule has 1 saturated heterocycles. The van der Waals surface area contributed by atoms with Crippen LogP contribution in [0.4, 0.5) is 0 Å². The van der Waals surface area contributed by atoms with Crippen LogP contribution >= 0.6 is 11.6 Å². The predicted octanol–water partition coefficient (Wildman–Crippen LogP) is 4.44. The summed E-state index contributed by atoms with van der Waals surface area (Å²) >= 11 is 5.65. The van der Waals surface area contributed by atoms with Gasteiger partial charge in [-0.05, 0) is 46.0 Å². The van der Waals surface area contributed by atoms with Crippen molar-refractivity contribution in [2.75, 3.05) is 19.1 Å². The van der Waals surface area contributed by atoms with Gasteiger partial charge in [0.25, 0.3) is 0 Å². The lowest BCUT2D eigenvalue weighted by Crippen LogP contribution is -2.22. The second kappa shape index (κ2) is 9.60. The van der Waals surface area contributed by atoms with E-state index in [0.717, 1.165) is 25.9 Å². The van der Waals surface area contributed by atoms with Crippen LogP contribution in [-0.4, -0.2) is 25.4 Å². The Labute approximate surface area is 116 Å². The fourth-order valence-electron chi connectivity index (χ4n) is 1.91. The molecule has 1 rings (SSSR count). The maximum Gasteiger partial charge on any atom is 0.158 e. The lowest BCUT2D eigenvalue weighted by molar-refractivity contribution is -0.156. The first-order valence-corrected chi connectivity index (χ1v) is 7.36. The smallest absolute Gasteiger partial charge is 0.158 e. The van der Waals surface area contributed by atoms with Crippen molar-refractivity contribution in [3.63, 3.8) is 0 Å². The van der Waals surface area contributed by atoms with E-state index in [1.807, 2.05) is 0 Å². The van der Waals surface area contributed by atoms with Crippen molar-refractivity contribution in [1.29, 1.82) is 0 Å². The SMILES string of the molecule is C/C(=C/CCl)CC/C=C(\C)COC1CCCCO1. The van der Waals surface area contributed by atoms with E-state index < -0.39 is 0 Å². The number of rotatable bonds is 7. The molecule has 2 nitrogen and oxygen atoms in total. The Morgan fingerprint density at radius 2 is 2.11 bits per heavy atom. The second-order valence-electron chi connectivity index (χ2n) is 4.90. The average molecular weight is 273 g/mol. The Kier molecular flexibility index (Phi) is 8.40. The van der Waals surface area contributed by atoms with E-state index in [0.29, 0.717) is 12.5 Å². The van der Waals surface area contributed by atoms with Gasteiger partial charge in [0.2, 0.25) is 0 Å². The summed E-state index contributed by atoms with van der Waals surface area (Å²) in [5, 5.41) is 0. The highest BCUT2D eigenvalue weighted by molar-refractivity contribution is 6.18. The van der Waals surface area contributed by atoms with Crippen molar-refractivity contribution in [3.8, 4) is 0 Å². The molecule has 0 bridgehead atoms. The highest BCUT2D eigenvalue weighted by atomic mass is 35.5. The third kappa shape index (κ3) is 7.20. The standard InChI is InChI=1S/C15H25ClO2/c1-13(9-10-16)6-5-7-14(2)12-18-15-8-3-4-11-17-15/h7,9,15H,3-6,8,10-12H2,1-2H3/b13-9-,14-7+. The minimum absolute atomic E-state index is 0.0139. The van der Waals surface area contributed by atoms with E-state index >= 15 is 0 Å². The van der Waals surface area contributed by atoms with Crippen molar-refractivity contribution in [2.24, 2.45) is 0 Å². The quantitative estimate of drug-likeness (QED) is 0.504. The van der Waals surface area contributed by atoms with Gasteiger partial charge in [-0.25, -0.2) is 0 Å². The van der Waals surface area contributed by atoms with E-state index in [1.54, 1.807) is 0 Å². The zero-order valence-electron chi connectivity index (χ0n) is 11.6. The summed E-state index contributed by atoms with van der Waals surface area (Å²) in [5.74, 6) is 0.608. The lowest BCUT2D eigenvalue weighted by atomic mass is 10.1. The van der Waals surface area contributed by atoms with Gasteiger partial charge in [-0.1, -0.05) is 23.3 Å². The molecular weight excluding hydrogens is 248 g/mol. The molecule has 18 heavy (non-hydrogen) atoms. The molecule has 0 aliphatic carbocycles. The molecule has 0 saturated carbocycles. The Hall–Kier alpha value is -0.310. The highest BCUT2D eigenvalue weighted by Gasteiger charge is 2.13. The number of ether oxygens (including phenoxy) is 2. The Morgan fingerprint density at radius 1 is 1.28 bits per heavy atom. The van der Waals surface area contributed by atoms with Crippen molar-refractivity contribution < 1.29 is 9.47 Å². The largest absolute Gasteiger partial charge is 0.353 e. The van der Waals surface area contributed by atoms with Crippen LogP contribution in [0.15, 0.2) is 23.3 Å². The van der Waals surface area contributed by atoms with Crippen LogP contribution in [0.25, 0.3) is 0 Å². The maximum absolute atomic E-state index is 5.72. The molecule has 104 valence electrons. The maximum atomic E-state index is 5.72. The third-order valence-electron chi connectivity index (χ3n) is 3.09.